The predicted octanol–water partition coefficient (Wildman–Crippen LogP) is 4.37. The van der Waals surface area contributed by atoms with Gasteiger partial charge in [-0.15, -0.1) is 11.3 Å². The highest BCUT2D eigenvalue weighted by Gasteiger charge is 2.31. The highest BCUT2D eigenvalue weighted by Crippen LogP contribution is 2.35. The van der Waals surface area contributed by atoms with Gasteiger partial charge in [0.15, 0.2) is 5.43 Å². The van der Waals surface area contributed by atoms with Gasteiger partial charge in [0.1, 0.15) is 0 Å². The lowest BCUT2D eigenvalue weighted by Gasteiger charge is -2.12. The van der Waals surface area contributed by atoms with E-state index in [4.69, 9.17) is 5.11 Å². The van der Waals surface area contributed by atoms with Crippen molar-refractivity contribution in [2.45, 2.75) is 12.6 Å². The van der Waals surface area contributed by atoms with E-state index < -0.39 is 17.2 Å². The molecule has 0 aliphatic carbocycles. The Labute approximate surface area is 179 Å². The molecule has 2 heterocycles. The number of alkyl halides is 3. The molecule has 162 valence electrons. The molecule has 0 saturated heterocycles. The van der Waals surface area contributed by atoms with Gasteiger partial charge in [-0.25, -0.2) is 0 Å². The van der Waals surface area contributed by atoms with Crippen molar-refractivity contribution in [2.24, 2.45) is 0 Å². The Hall–Kier alpha value is -2.75. The summed E-state index contributed by atoms with van der Waals surface area (Å²) < 4.78 is 40.7. The maximum absolute atomic E-state index is 13.3. The molecule has 5 nitrogen and oxygen atoms in total. The molecule has 9 heteroatoms. The first-order chi connectivity index (χ1) is 14.9. The summed E-state index contributed by atoms with van der Waals surface area (Å²) in [5.74, 6) is 0. The number of nitrogens with one attached hydrogen (secondary N) is 2. The molecule has 0 fully saturated rings. The van der Waals surface area contributed by atoms with Crippen molar-refractivity contribution in [3.05, 3.63) is 58.4 Å². The van der Waals surface area contributed by atoms with Crippen molar-refractivity contribution < 1.29 is 18.3 Å². The Kier molecular flexibility index (Phi) is 6.08. The number of nitrogens with zero attached hydrogens (tertiary/aromatic N) is 1. The lowest BCUT2D eigenvalue weighted by molar-refractivity contribution is -0.137. The van der Waals surface area contributed by atoms with E-state index in [2.05, 4.69) is 15.6 Å². The highest BCUT2D eigenvalue weighted by atomic mass is 32.1. The van der Waals surface area contributed by atoms with Crippen molar-refractivity contribution >= 4 is 48.1 Å². The fourth-order valence-corrected chi connectivity index (χ4v) is 4.58. The molecule has 4 aromatic rings. The van der Waals surface area contributed by atoms with Gasteiger partial charge < -0.3 is 15.7 Å². The molecular weight excluding hydrogens is 427 g/mol. The van der Waals surface area contributed by atoms with Crippen LogP contribution in [0.2, 0.25) is 0 Å². The average Bonchev–Trinajstić information content (AvgIpc) is 2.75. The number of aliphatic hydroxyl groups excluding tert-OH is 1. The maximum Gasteiger partial charge on any atom is 0.416 e. The lowest BCUT2D eigenvalue weighted by Crippen LogP contribution is -2.21. The summed E-state index contributed by atoms with van der Waals surface area (Å²) in [6.07, 6.45) is -2.12. The third-order valence-electron chi connectivity index (χ3n) is 4.99. The van der Waals surface area contributed by atoms with Crippen LogP contribution >= 0.6 is 11.3 Å². The normalized spacial score (nSPS) is 12.1. The second-order valence-corrected chi connectivity index (χ2v) is 8.17. The van der Waals surface area contributed by atoms with Gasteiger partial charge in [0.05, 0.1) is 27.8 Å². The van der Waals surface area contributed by atoms with Crippen molar-refractivity contribution in [2.75, 3.05) is 31.6 Å². The molecule has 0 amide bonds. The number of halogens is 3. The van der Waals surface area contributed by atoms with Gasteiger partial charge in [0.2, 0.25) is 0 Å². The number of pyridine rings is 1. The molecule has 3 N–H and O–H groups in total. The van der Waals surface area contributed by atoms with E-state index in [1.54, 1.807) is 12.3 Å². The van der Waals surface area contributed by atoms with Crippen molar-refractivity contribution in [1.29, 1.82) is 0 Å². The lowest BCUT2D eigenvalue weighted by atomic mass is 10.1. The molecule has 0 aliphatic heterocycles. The first-order valence-electron chi connectivity index (χ1n) is 9.81. The van der Waals surface area contributed by atoms with Gasteiger partial charge in [-0.3, -0.25) is 9.78 Å². The Morgan fingerprint density at radius 2 is 1.87 bits per heavy atom. The summed E-state index contributed by atoms with van der Waals surface area (Å²) in [7, 11) is 0. The van der Waals surface area contributed by atoms with Crippen molar-refractivity contribution in [3.63, 3.8) is 0 Å². The van der Waals surface area contributed by atoms with E-state index in [0.717, 1.165) is 25.1 Å². The fourth-order valence-electron chi connectivity index (χ4n) is 3.54. The van der Waals surface area contributed by atoms with Gasteiger partial charge in [-0.1, -0.05) is 6.07 Å². The Morgan fingerprint density at radius 1 is 1.03 bits per heavy atom. The molecule has 0 aliphatic rings. The summed E-state index contributed by atoms with van der Waals surface area (Å²) in [6.45, 7) is 1.94. The summed E-state index contributed by atoms with van der Waals surface area (Å²) >= 11 is 1.25. The van der Waals surface area contributed by atoms with Crippen LogP contribution in [0.3, 0.4) is 0 Å². The zero-order chi connectivity index (χ0) is 22.0. The van der Waals surface area contributed by atoms with Crippen molar-refractivity contribution in [1.82, 2.24) is 10.3 Å². The summed E-state index contributed by atoms with van der Waals surface area (Å²) in [4.78, 5) is 17.8. The van der Waals surface area contributed by atoms with Crippen LogP contribution in [0.25, 0.3) is 31.1 Å². The number of anilines is 1. The van der Waals surface area contributed by atoms with E-state index in [-0.39, 0.29) is 12.0 Å². The molecular formula is C22H20F3N3O2S. The van der Waals surface area contributed by atoms with E-state index in [1.807, 2.05) is 12.1 Å². The smallest absolute Gasteiger partial charge is 0.395 e. The Balaban J connectivity index is 1.83. The second-order valence-electron chi connectivity index (χ2n) is 7.09. The minimum Gasteiger partial charge on any atom is -0.395 e. The van der Waals surface area contributed by atoms with Gasteiger partial charge in [0.25, 0.3) is 0 Å². The zero-order valence-corrected chi connectivity index (χ0v) is 17.2. The molecule has 0 saturated carbocycles. The molecule has 2 aromatic carbocycles. The number of aliphatic hydroxyl groups is 1. The number of rotatable bonds is 7. The number of hydrogen-bond donors (Lipinski definition) is 3. The van der Waals surface area contributed by atoms with Gasteiger partial charge in [0, 0.05) is 40.4 Å². The molecule has 0 unspecified atom stereocenters. The van der Waals surface area contributed by atoms with Crippen LogP contribution in [0.4, 0.5) is 18.9 Å². The summed E-state index contributed by atoms with van der Waals surface area (Å²) in [5, 5.41) is 16.3. The molecule has 0 bridgehead atoms. The SMILES string of the molecule is O=c1c2cc(C(F)(F)F)ccc2sc2cnc3cccc(NCCCNCCO)c3c12. The van der Waals surface area contributed by atoms with Crippen LogP contribution in [0.15, 0.2) is 47.4 Å². The first kappa shape index (κ1) is 21.5. The summed E-state index contributed by atoms with van der Waals surface area (Å²) in [6, 6.07) is 8.72. The third-order valence-corrected chi connectivity index (χ3v) is 6.10. The maximum atomic E-state index is 13.3. The van der Waals surface area contributed by atoms with Gasteiger partial charge >= 0.3 is 6.18 Å². The Morgan fingerprint density at radius 3 is 2.65 bits per heavy atom. The largest absolute Gasteiger partial charge is 0.416 e. The van der Waals surface area contributed by atoms with Crippen LogP contribution in [0, 0.1) is 0 Å². The number of aromatic nitrogens is 1. The van der Waals surface area contributed by atoms with Crippen LogP contribution in [-0.4, -0.2) is 36.3 Å². The monoisotopic (exact) mass is 447 g/mol. The minimum absolute atomic E-state index is 0.0582. The molecule has 2 aromatic heterocycles. The van der Waals surface area contributed by atoms with Crippen molar-refractivity contribution in [3.8, 4) is 0 Å². The van der Waals surface area contributed by atoms with Crippen LogP contribution < -0.4 is 16.1 Å². The average molecular weight is 447 g/mol. The fraction of sp³-hybridized carbons (Fsp3) is 0.273. The third kappa shape index (κ3) is 4.34. The second kappa shape index (κ2) is 8.78. The quantitative estimate of drug-likeness (QED) is 0.223. The van der Waals surface area contributed by atoms with E-state index in [1.165, 1.54) is 17.4 Å². The van der Waals surface area contributed by atoms with E-state index in [9.17, 15) is 18.0 Å². The van der Waals surface area contributed by atoms with Gasteiger partial charge in [-0.05, 0) is 43.3 Å². The zero-order valence-electron chi connectivity index (χ0n) is 16.4. The summed E-state index contributed by atoms with van der Waals surface area (Å²) in [5.41, 5.74) is 0.0526. The number of benzene rings is 2. The minimum atomic E-state index is -4.52. The Bertz CT molecular complexity index is 1300. The number of fused-ring (bicyclic) bond motifs is 4. The topological polar surface area (TPSA) is 74.2 Å². The number of hydrogen-bond acceptors (Lipinski definition) is 6. The molecule has 4 rings (SSSR count). The molecule has 0 spiro atoms. The highest BCUT2D eigenvalue weighted by molar-refractivity contribution is 7.24. The predicted molar refractivity (Wildman–Crippen MR) is 119 cm³/mol. The molecule has 0 radical (unpaired) electrons. The van der Waals surface area contributed by atoms with E-state index >= 15 is 0 Å². The molecule has 31 heavy (non-hydrogen) atoms. The van der Waals surface area contributed by atoms with Crippen LogP contribution in [0.1, 0.15) is 12.0 Å². The van der Waals surface area contributed by atoms with Crippen LogP contribution in [-0.2, 0) is 6.18 Å². The standard InChI is InChI=1S/C22H20F3N3O2S/c23-22(24,25)13-5-6-17-14(11-13)21(30)20-18(31-17)12-28-16-4-1-3-15(19(16)20)27-8-2-7-26-9-10-29/h1,3-6,11-12,26-27,29H,2,7-10H2. The van der Waals surface area contributed by atoms with Crippen LogP contribution in [0.5, 0.6) is 0 Å². The van der Waals surface area contributed by atoms with Gasteiger partial charge in [-0.2, -0.15) is 13.2 Å². The first-order valence-corrected chi connectivity index (χ1v) is 10.6. The van der Waals surface area contributed by atoms with E-state index in [0.29, 0.717) is 44.5 Å². The molecule has 0 atom stereocenters.